The summed E-state index contributed by atoms with van der Waals surface area (Å²) in [6.07, 6.45) is 0.605. The van der Waals surface area contributed by atoms with E-state index < -0.39 is 6.04 Å². The van der Waals surface area contributed by atoms with Gasteiger partial charge in [0.15, 0.2) is 0 Å². The smallest absolute Gasteiger partial charge is 0.237 e. The maximum atomic E-state index is 11.8. The van der Waals surface area contributed by atoms with Crippen molar-refractivity contribution >= 4 is 5.91 Å². The Kier molecular flexibility index (Phi) is 5.82. The number of rotatable bonds is 6. The summed E-state index contributed by atoms with van der Waals surface area (Å²) in [5.41, 5.74) is 6.84. The first-order valence-electron chi connectivity index (χ1n) is 6.25. The lowest BCUT2D eigenvalue weighted by molar-refractivity contribution is -0.124. The van der Waals surface area contributed by atoms with Gasteiger partial charge < -0.3 is 16.2 Å². The van der Waals surface area contributed by atoms with Crippen molar-refractivity contribution in [1.82, 2.24) is 5.32 Å². The number of amides is 1. The van der Waals surface area contributed by atoms with Gasteiger partial charge in [0.1, 0.15) is 0 Å². The van der Waals surface area contributed by atoms with Crippen LogP contribution in [0.1, 0.15) is 19.4 Å². The van der Waals surface area contributed by atoms with Crippen LogP contribution in [0.3, 0.4) is 0 Å². The van der Waals surface area contributed by atoms with Crippen molar-refractivity contribution < 1.29 is 9.90 Å². The number of carbonyl (C=O) groups is 1. The Balaban J connectivity index is 2.55. The van der Waals surface area contributed by atoms with Gasteiger partial charge in [-0.1, -0.05) is 44.2 Å². The summed E-state index contributed by atoms with van der Waals surface area (Å²) in [5, 5.41) is 12.1. The van der Waals surface area contributed by atoms with Crippen molar-refractivity contribution in [1.29, 1.82) is 0 Å². The van der Waals surface area contributed by atoms with Crippen molar-refractivity contribution in [3.05, 3.63) is 35.9 Å². The van der Waals surface area contributed by atoms with Gasteiger partial charge in [-0.25, -0.2) is 0 Å². The van der Waals surface area contributed by atoms with Gasteiger partial charge >= 0.3 is 0 Å². The largest absolute Gasteiger partial charge is 0.394 e. The monoisotopic (exact) mass is 250 g/mol. The first kappa shape index (κ1) is 14.7. The minimum Gasteiger partial charge on any atom is -0.394 e. The van der Waals surface area contributed by atoms with E-state index in [-0.39, 0.29) is 24.5 Å². The van der Waals surface area contributed by atoms with Gasteiger partial charge in [0.05, 0.1) is 18.7 Å². The second-order valence-electron chi connectivity index (χ2n) is 4.85. The molecule has 1 unspecified atom stereocenters. The Hall–Kier alpha value is -1.39. The van der Waals surface area contributed by atoms with E-state index >= 15 is 0 Å². The topological polar surface area (TPSA) is 75.4 Å². The maximum Gasteiger partial charge on any atom is 0.237 e. The van der Waals surface area contributed by atoms with Crippen molar-refractivity contribution in [3.8, 4) is 0 Å². The molecule has 0 aromatic heterocycles. The fourth-order valence-corrected chi connectivity index (χ4v) is 1.66. The third-order valence-corrected chi connectivity index (χ3v) is 2.91. The summed E-state index contributed by atoms with van der Waals surface area (Å²) in [7, 11) is 0. The molecule has 0 radical (unpaired) electrons. The van der Waals surface area contributed by atoms with Crippen LogP contribution in [0.15, 0.2) is 30.3 Å². The van der Waals surface area contributed by atoms with E-state index in [0.717, 1.165) is 5.56 Å². The van der Waals surface area contributed by atoms with Crippen molar-refractivity contribution in [2.24, 2.45) is 11.7 Å². The van der Waals surface area contributed by atoms with Gasteiger partial charge in [-0.2, -0.15) is 0 Å². The predicted molar refractivity (Wildman–Crippen MR) is 72.0 cm³/mol. The molecule has 100 valence electrons. The first-order chi connectivity index (χ1) is 8.54. The zero-order chi connectivity index (χ0) is 13.5. The summed E-state index contributed by atoms with van der Waals surface area (Å²) in [6, 6.07) is 8.93. The number of benzene rings is 1. The molecule has 0 aliphatic rings. The molecule has 0 fully saturated rings. The van der Waals surface area contributed by atoms with Crippen LogP contribution in [0.25, 0.3) is 0 Å². The number of carbonyl (C=O) groups excluding carboxylic acids is 1. The lowest BCUT2D eigenvalue weighted by Gasteiger charge is -2.21. The van der Waals surface area contributed by atoms with Crippen LogP contribution in [0.2, 0.25) is 0 Å². The van der Waals surface area contributed by atoms with Gasteiger partial charge in [0.2, 0.25) is 5.91 Å². The van der Waals surface area contributed by atoms with Crippen LogP contribution >= 0.6 is 0 Å². The average molecular weight is 250 g/mol. The highest BCUT2D eigenvalue weighted by Gasteiger charge is 2.20. The van der Waals surface area contributed by atoms with Crippen LogP contribution in [-0.4, -0.2) is 29.7 Å². The Morgan fingerprint density at radius 3 is 2.44 bits per heavy atom. The standard InChI is InChI=1S/C14H22N2O2/c1-10(2)13(15)14(18)16-12(9-17)8-11-6-4-3-5-7-11/h3-7,10,12-13,17H,8-9,15H2,1-2H3,(H,16,18)/t12?,13-/m1/s1. The number of nitrogens with one attached hydrogen (secondary N) is 1. The molecule has 18 heavy (non-hydrogen) atoms. The molecular weight excluding hydrogens is 228 g/mol. The number of aliphatic hydroxyl groups is 1. The zero-order valence-electron chi connectivity index (χ0n) is 11.0. The van der Waals surface area contributed by atoms with Crippen LogP contribution in [-0.2, 0) is 11.2 Å². The van der Waals surface area contributed by atoms with E-state index in [1.165, 1.54) is 0 Å². The van der Waals surface area contributed by atoms with Crippen LogP contribution < -0.4 is 11.1 Å². The summed E-state index contributed by atoms with van der Waals surface area (Å²) in [6.45, 7) is 3.70. The van der Waals surface area contributed by atoms with Gasteiger partial charge in [-0.05, 0) is 17.9 Å². The highest BCUT2D eigenvalue weighted by atomic mass is 16.3. The number of aliphatic hydroxyl groups excluding tert-OH is 1. The fraction of sp³-hybridized carbons (Fsp3) is 0.500. The lowest BCUT2D eigenvalue weighted by Crippen LogP contribution is -2.49. The van der Waals surface area contributed by atoms with Crippen molar-refractivity contribution in [2.45, 2.75) is 32.4 Å². The molecule has 1 amide bonds. The number of hydrogen-bond donors (Lipinski definition) is 3. The molecule has 0 heterocycles. The normalized spacial score (nSPS) is 14.3. The summed E-state index contributed by atoms with van der Waals surface area (Å²) in [4.78, 5) is 11.8. The second kappa shape index (κ2) is 7.13. The molecule has 0 saturated heterocycles. The second-order valence-corrected chi connectivity index (χ2v) is 4.85. The van der Waals surface area contributed by atoms with Crippen LogP contribution in [0.5, 0.6) is 0 Å². The molecule has 0 bridgehead atoms. The third kappa shape index (κ3) is 4.47. The SMILES string of the molecule is CC(C)[C@@H](N)C(=O)NC(CO)Cc1ccccc1. The zero-order valence-corrected chi connectivity index (χ0v) is 11.0. The predicted octanol–water partition coefficient (Wildman–Crippen LogP) is 0.690. The Morgan fingerprint density at radius 1 is 1.33 bits per heavy atom. The molecule has 0 spiro atoms. The highest BCUT2D eigenvalue weighted by Crippen LogP contribution is 2.04. The van der Waals surface area contributed by atoms with Crippen LogP contribution in [0, 0.1) is 5.92 Å². The van der Waals surface area contributed by atoms with E-state index in [1.54, 1.807) is 0 Å². The third-order valence-electron chi connectivity index (χ3n) is 2.91. The van der Waals surface area contributed by atoms with Gasteiger partial charge in [-0.3, -0.25) is 4.79 Å². The molecular formula is C14H22N2O2. The molecule has 1 rings (SSSR count). The molecule has 1 aromatic rings. The van der Waals surface area contributed by atoms with E-state index in [1.807, 2.05) is 44.2 Å². The summed E-state index contributed by atoms with van der Waals surface area (Å²) >= 11 is 0. The molecule has 0 aliphatic carbocycles. The minimum atomic E-state index is -0.533. The van der Waals surface area contributed by atoms with E-state index in [4.69, 9.17) is 5.73 Å². The van der Waals surface area contributed by atoms with E-state index in [2.05, 4.69) is 5.32 Å². The Bertz CT molecular complexity index is 365. The van der Waals surface area contributed by atoms with E-state index in [9.17, 15) is 9.90 Å². The Morgan fingerprint density at radius 2 is 1.94 bits per heavy atom. The van der Waals surface area contributed by atoms with Crippen molar-refractivity contribution in [2.75, 3.05) is 6.61 Å². The molecule has 4 heteroatoms. The highest BCUT2D eigenvalue weighted by molar-refractivity contribution is 5.82. The molecule has 2 atom stereocenters. The summed E-state index contributed by atoms with van der Waals surface area (Å²) in [5.74, 6) is -0.124. The minimum absolute atomic E-state index is 0.0843. The summed E-state index contributed by atoms with van der Waals surface area (Å²) < 4.78 is 0. The molecule has 1 aromatic carbocycles. The molecule has 0 aliphatic heterocycles. The average Bonchev–Trinajstić information content (AvgIpc) is 2.37. The Labute approximate surface area is 108 Å². The maximum absolute atomic E-state index is 11.8. The number of nitrogens with two attached hydrogens (primary N) is 1. The molecule has 4 nitrogen and oxygen atoms in total. The molecule has 4 N–H and O–H groups in total. The molecule has 0 saturated carbocycles. The quantitative estimate of drug-likeness (QED) is 0.695. The lowest BCUT2D eigenvalue weighted by atomic mass is 10.0. The van der Waals surface area contributed by atoms with Gasteiger partial charge in [0.25, 0.3) is 0 Å². The fourth-order valence-electron chi connectivity index (χ4n) is 1.66. The number of hydrogen-bond acceptors (Lipinski definition) is 3. The first-order valence-corrected chi connectivity index (χ1v) is 6.25. The van der Waals surface area contributed by atoms with Gasteiger partial charge in [-0.15, -0.1) is 0 Å². The van der Waals surface area contributed by atoms with E-state index in [0.29, 0.717) is 6.42 Å². The van der Waals surface area contributed by atoms with Gasteiger partial charge in [0, 0.05) is 0 Å². The van der Waals surface area contributed by atoms with Crippen molar-refractivity contribution in [3.63, 3.8) is 0 Å². The van der Waals surface area contributed by atoms with Crippen LogP contribution in [0.4, 0.5) is 0 Å².